The Hall–Kier alpha value is -2.51. The number of aromatic nitrogens is 1. The predicted molar refractivity (Wildman–Crippen MR) is 158 cm³/mol. The smallest absolute Gasteiger partial charge is 0.254 e. The Kier molecular flexibility index (Phi) is 9.65. The van der Waals surface area contributed by atoms with Gasteiger partial charge in [0.2, 0.25) is 5.88 Å². The number of fused-ring (bicyclic) bond motifs is 1. The molecule has 2 atom stereocenters. The number of hydrogen-bond donors (Lipinski definition) is 0. The van der Waals surface area contributed by atoms with E-state index in [0.717, 1.165) is 61.3 Å². The van der Waals surface area contributed by atoms with Crippen LogP contribution in [0.2, 0.25) is 10.0 Å². The van der Waals surface area contributed by atoms with Crippen LogP contribution in [0.25, 0.3) is 0 Å². The van der Waals surface area contributed by atoms with Crippen LogP contribution in [0.3, 0.4) is 0 Å². The van der Waals surface area contributed by atoms with Gasteiger partial charge in [-0.1, -0.05) is 41.4 Å². The van der Waals surface area contributed by atoms with E-state index >= 15 is 0 Å². The number of carbonyl (C=O) groups is 1. The molecule has 2 aromatic carbocycles. The van der Waals surface area contributed by atoms with Crippen LogP contribution in [-0.4, -0.2) is 55.0 Å². The average Bonchev–Trinajstić information content (AvgIpc) is 3.19. The van der Waals surface area contributed by atoms with E-state index in [-0.39, 0.29) is 30.4 Å². The summed E-state index contributed by atoms with van der Waals surface area (Å²) in [6, 6.07) is 16.1. The fraction of sp³-hybridized carbons (Fsp3) is 0.400. The molecule has 0 N–H and O–H groups in total. The maximum Gasteiger partial charge on any atom is 0.254 e. The number of carbonyl (C=O) groups excluding carboxylic acids is 1. The van der Waals surface area contributed by atoms with E-state index in [1.807, 2.05) is 48.3 Å². The van der Waals surface area contributed by atoms with Crippen LogP contribution in [0, 0.1) is 0 Å². The Labute approximate surface area is 246 Å². The molecule has 2 unspecified atom stereocenters. The van der Waals surface area contributed by atoms with Gasteiger partial charge in [0.05, 0.1) is 30.3 Å². The molecule has 39 heavy (non-hydrogen) atoms. The van der Waals surface area contributed by atoms with Crippen molar-refractivity contribution in [3.8, 4) is 11.6 Å². The van der Waals surface area contributed by atoms with E-state index in [1.54, 1.807) is 20.4 Å². The quantitative estimate of drug-likeness (QED) is 0.274. The third-order valence-corrected chi connectivity index (χ3v) is 8.82. The minimum Gasteiger partial charge on any atom is -0.497 e. The highest BCUT2D eigenvalue weighted by Gasteiger charge is 2.36. The lowest BCUT2D eigenvalue weighted by Gasteiger charge is -2.39. The largest absolute Gasteiger partial charge is 0.497 e. The zero-order chi connectivity index (χ0) is 26.8. The standard InChI is InChI=1S/C30H33Cl2N3O3.ClH/c1-34-28(23-8-7-21(37-2)18-24(23)30(34)36)11-10-27(20-6-9-25(31)26(32)17-20)35-15-12-19(13-16-35)22-5-4-14-33-29(22)38-3;/h4-9,14,17-19,27-28H,10-13,15-16H2,1-3H3;1H. The molecular formula is C30H34Cl3N3O3. The number of amides is 1. The van der Waals surface area contributed by atoms with Gasteiger partial charge in [-0.15, -0.1) is 12.4 Å². The second-order valence-corrected chi connectivity index (χ2v) is 10.9. The second-order valence-electron chi connectivity index (χ2n) is 10.1. The van der Waals surface area contributed by atoms with Gasteiger partial charge in [-0.25, -0.2) is 4.98 Å². The van der Waals surface area contributed by atoms with Gasteiger partial charge in [-0.3, -0.25) is 9.69 Å². The molecule has 1 amide bonds. The molecule has 0 aliphatic carbocycles. The van der Waals surface area contributed by atoms with Crippen molar-refractivity contribution >= 4 is 41.5 Å². The maximum absolute atomic E-state index is 13.0. The number of benzene rings is 2. The van der Waals surface area contributed by atoms with Gasteiger partial charge < -0.3 is 14.4 Å². The molecule has 2 aliphatic heterocycles. The van der Waals surface area contributed by atoms with Crippen LogP contribution in [0.15, 0.2) is 54.7 Å². The first kappa shape index (κ1) is 29.5. The molecule has 1 fully saturated rings. The van der Waals surface area contributed by atoms with Crippen LogP contribution >= 0.6 is 35.6 Å². The van der Waals surface area contributed by atoms with E-state index in [2.05, 4.69) is 22.0 Å². The first-order chi connectivity index (χ1) is 18.4. The van der Waals surface area contributed by atoms with Gasteiger partial charge in [-0.2, -0.15) is 0 Å². The lowest BCUT2D eigenvalue weighted by Crippen LogP contribution is -2.37. The fourth-order valence-electron chi connectivity index (χ4n) is 6.03. The number of halogens is 3. The highest BCUT2D eigenvalue weighted by molar-refractivity contribution is 6.42. The summed E-state index contributed by atoms with van der Waals surface area (Å²) in [7, 11) is 5.19. The third kappa shape index (κ3) is 5.99. The molecule has 1 saturated heterocycles. The number of rotatable bonds is 8. The predicted octanol–water partition coefficient (Wildman–Crippen LogP) is 7.36. The molecule has 6 nitrogen and oxygen atoms in total. The Morgan fingerprint density at radius 3 is 2.46 bits per heavy atom. The SMILES string of the molecule is COc1ccc2c(c1)C(=O)N(C)C2CCC(c1ccc(Cl)c(Cl)c1)N1CCC(c2cccnc2OC)CC1.Cl. The summed E-state index contributed by atoms with van der Waals surface area (Å²) in [5.74, 6) is 1.87. The van der Waals surface area contributed by atoms with Gasteiger partial charge in [-0.05, 0) is 86.1 Å². The third-order valence-electron chi connectivity index (χ3n) is 8.08. The molecule has 5 rings (SSSR count). The molecular weight excluding hydrogens is 557 g/mol. The Balaban J connectivity index is 0.00000353. The molecule has 0 spiro atoms. The molecule has 2 aliphatic rings. The maximum atomic E-state index is 13.0. The van der Waals surface area contributed by atoms with E-state index in [0.29, 0.717) is 21.7 Å². The lowest BCUT2D eigenvalue weighted by atomic mass is 9.87. The summed E-state index contributed by atoms with van der Waals surface area (Å²) in [5, 5.41) is 1.12. The van der Waals surface area contributed by atoms with Crippen LogP contribution in [0.5, 0.6) is 11.6 Å². The average molecular weight is 591 g/mol. The summed E-state index contributed by atoms with van der Waals surface area (Å²) in [5.41, 5.74) is 4.13. The Morgan fingerprint density at radius 2 is 1.77 bits per heavy atom. The van der Waals surface area contributed by atoms with Crippen molar-refractivity contribution in [1.82, 2.24) is 14.8 Å². The minimum absolute atomic E-state index is 0. The molecule has 0 radical (unpaired) electrons. The highest BCUT2D eigenvalue weighted by atomic mass is 35.5. The van der Waals surface area contributed by atoms with Gasteiger partial charge in [0.15, 0.2) is 0 Å². The van der Waals surface area contributed by atoms with Gasteiger partial charge in [0.25, 0.3) is 5.91 Å². The zero-order valence-electron chi connectivity index (χ0n) is 22.4. The van der Waals surface area contributed by atoms with Crippen molar-refractivity contribution in [3.05, 3.63) is 87.0 Å². The molecule has 0 bridgehead atoms. The summed E-state index contributed by atoms with van der Waals surface area (Å²) in [6.07, 6.45) is 5.53. The molecule has 208 valence electrons. The Bertz CT molecular complexity index is 1310. The first-order valence-electron chi connectivity index (χ1n) is 13.0. The van der Waals surface area contributed by atoms with E-state index < -0.39 is 0 Å². The Morgan fingerprint density at radius 1 is 1.00 bits per heavy atom. The summed E-state index contributed by atoms with van der Waals surface area (Å²) in [4.78, 5) is 21.8. The number of hydrogen-bond acceptors (Lipinski definition) is 5. The van der Waals surface area contributed by atoms with Crippen LogP contribution in [0.4, 0.5) is 0 Å². The second kappa shape index (κ2) is 12.8. The molecule has 0 saturated carbocycles. The molecule has 3 aromatic rings. The van der Waals surface area contributed by atoms with E-state index in [1.165, 1.54) is 5.56 Å². The molecule has 1 aromatic heterocycles. The summed E-state index contributed by atoms with van der Waals surface area (Å²) >= 11 is 12.7. The summed E-state index contributed by atoms with van der Waals surface area (Å²) in [6.45, 7) is 1.89. The zero-order valence-corrected chi connectivity index (χ0v) is 24.7. The number of piperidine rings is 1. The van der Waals surface area contributed by atoms with Crippen molar-refractivity contribution in [2.24, 2.45) is 0 Å². The van der Waals surface area contributed by atoms with Gasteiger partial charge in [0.1, 0.15) is 5.75 Å². The van der Waals surface area contributed by atoms with Crippen LogP contribution in [0.1, 0.15) is 70.7 Å². The monoisotopic (exact) mass is 589 g/mol. The van der Waals surface area contributed by atoms with E-state index in [9.17, 15) is 4.79 Å². The van der Waals surface area contributed by atoms with E-state index in [4.69, 9.17) is 32.7 Å². The summed E-state index contributed by atoms with van der Waals surface area (Å²) < 4.78 is 10.9. The lowest BCUT2D eigenvalue weighted by molar-refractivity contribution is 0.0751. The number of methoxy groups -OCH3 is 2. The normalized spacial score (nSPS) is 18.4. The fourth-order valence-corrected chi connectivity index (χ4v) is 6.34. The topological polar surface area (TPSA) is 54.9 Å². The number of ether oxygens (including phenoxy) is 2. The van der Waals surface area contributed by atoms with Gasteiger partial charge >= 0.3 is 0 Å². The molecule has 9 heteroatoms. The number of pyridine rings is 1. The van der Waals surface area contributed by atoms with Crippen molar-refractivity contribution < 1.29 is 14.3 Å². The van der Waals surface area contributed by atoms with Crippen LogP contribution < -0.4 is 9.47 Å². The first-order valence-corrected chi connectivity index (χ1v) is 13.8. The number of likely N-dealkylation sites (tertiary alicyclic amines) is 1. The minimum atomic E-state index is 0. The van der Waals surface area contributed by atoms with Crippen molar-refractivity contribution in [2.75, 3.05) is 34.4 Å². The van der Waals surface area contributed by atoms with Crippen molar-refractivity contribution in [3.63, 3.8) is 0 Å². The van der Waals surface area contributed by atoms with Crippen molar-refractivity contribution in [2.45, 2.75) is 43.7 Å². The number of nitrogens with zero attached hydrogens (tertiary/aromatic N) is 3. The van der Waals surface area contributed by atoms with Gasteiger partial charge in [0, 0.05) is 30.4 Å². The molecule has 3 heterocycles. The highest BCUT2D eigenvalue weighted by Crippen LogP contribution is 2.42. The van der Waals surface area contributed by atoms with Crippen LogP contribution in [-0.2, 0) is 0 Å². The van der Waals surface area contributed by atoms with Crippen molar-refractivity contribution in [1.29, 1.82) is 0 Å².